The molecule has 122 valence electrons. The number of aromatic nitrogens is 1. The summed E-state index contributed by atoms with van der Waals surface area (Å²) in [7, 11) is 1.69. The molecule has 2 heterocycles. The predicted molar refractivity (Wildman–Crippen MR) is 91.6 cm³/mol. The van der Waals surface area contributed by atoms with E-state index in [0.29, 0.717) is 5.92 Å². The summed E-state index contributed by atoms with van der Waals surface area (Å²) in [5, 5.41) is 3.39. The number of benzene rings is 1. The summed E-state index contributed by atoms with van der Waals surface area (Å²) >= 11 is 0. The van der Waals surface area contributed by atoms with Crippen LogP contribution in [-0.4, -0.2) is 25.2 Å². The zero-order valence-corrected chi connectivity index (χ0v) is 14.2. The Labute approximate surface area is 143 Å². The third-order valence-electron chi connectivity index (χ3n) is 3.77. The zero-order chi connectivity index (χ0) is 13.8. The van der Waals surface area contributed by atoms with E-state index >= 15 is 0 Å². The molecule has 3 rings (SSSR count). The number of para-hydroxylation sites is 1. The van der Waals surface area contributed by atoms with Crippen LogP contribution in [0.3, 0.4) is 0 Å². The van der Waals surface area contributed by atoms with Gasteiger partial charge >= 0.3 is 0 Å². The highest BCUT2D eigenvalue weighted by Gasteiger charge is 2.20. The van der Waals surface area contributed by atoms with E-state index in [0.717, 1.165) is 48.9 Å². The van der Waals surface area contributed by atoms with Gasteiger partial charge in [0.15, 0.2) is 5.89 Å². The highest BCUT2D eigenvalue weighted by atomic mass is 35.5. The summed E-state index contributed by atoms with van der Waals surface area (Å²) in [4.78, 5) is 4.44. The molecule has 4 nitrogen and oxygen atoms in total. The number of halogens is 2. The van der Waals surface area contributed by atoms with E-state index in [4.69, 9.17) is 9.15 Å². The Kier molecular flexibility index (Phi) is 7.73. The number of ether oxygens (including phenoxy) is 1. The maximum Gasteiger partial charge on any atom is 0.198 e. The molecule has 1 fully saturated rings. The highest BCUT2D eigenvalue weighted by molar-refractivity contribution is 5.85. The number of oxazole rings is 1. The molecular weight excluding hydrogens is 323 g/mol. The van der Waals surface area contributed by atoms with Crippen LogP contribution in [0.2, 0.25) is 0 Å². The van der Waals surface area contributed by atoms with Crippen LogP contribution in [-0.2, 0) is 6.42 Å². The maximum atomic E-state index is 5.92. The molecule has 1 aromatic heterocycles. The van der Waals surface area contributed by atoms with Gasteiger partial charge in [0.2, 0.25) is 0 Å². The van der Waals surface area contributed by atoms with Crippen molar-refractivity contribution < 1.29 is 9.15 Å². The van der Waals surface area contributed by atoms with Crippen molar-refractivity contribution in [1.29, 1.82) is 0 Å². The van der Waals surface area contributed by atoms with E-state index in [1.807, 2.05) is 24.4 Å². The van der Waals surface area contributed by atoms with Crippen molar-refractivity contribution in [2.45, 2.75) is 25.2 Å². The molecule has 0 radical (unpaired) electrons. The number of methoxy groups -OCH3 is 1. The minimum absolute atomic E-state index is 0. The van der Waals surface area contributed by atoms with Crippen LogP contribution in [0, 0.1) is 0 Å². The van der Waals surface area contributed by atoms with Gasteiger partial charge in [-0.05, 0) is 25.5 Å². The lowest BCUT2D eigenvalue weighted by Crippen LogP contribution is -2.28. The van der Waals surface area contributed by atoms with Gasteiger partial charge in [-0.3, -0.25) is 0 Å². The van der Waals surface area contributed by atoms with Gasteiger partial charge in [-0.1, -0.05) is 18.2 Å². The van der Waals surface area contributed by atoms with Gasteiger partial charge in [0.1, 0.15) is 11.5 Å². The Morgan fingerprint density at radius 1 is 1.32 bits per heavy atom. The van der Waals surface area contributed by atoms with Crippen LogP contribution in [0.1, 0.15) is 36.0 Å². The van der Waals surface area contributed by atoms with Crippen LogP contribution >= 0.6 is 24.8 Å². The van der Waals surface area contributed by atoms with E-state index in [1.165, 1.54) is 6.42 Å². The summed E-state index contributed by atoms with van der Waals surface area (Å²) in [6.45, 7) is 2.07. The fourth-order valence-corrected chi connectivity index (χ4v) is 2.69. The smallest absolute Gasteiger partial charge is 0.198 e. The number of rotatable bonds is 4. The summed E-state index contributed by atoms with van der Waals surface area (Å²) in [5.41, 5.74) is 1.12. The Morgan fingerprint density at radius 3 is 2.86 bits per heavy atom. The van der Waals surface area contributed by atoms with Crippen molar-refractivity contribution in [1.82, 2.24) is 10.3 Å². The third-order valence-corrected chi connectivity index (χ3v) is 3.77. The molecule has 0 bridgehead atoms. The average Bonchev–Trinajstić information content (AvgIpc) is 2.97. The van der Waals surface area contributed by atoms with E-state index < -0.39 is 0 Å². The van der Waals surface area contributed by atoms with E-state index in [9.17, 15) is 0 Å². The molecule has 1 N–H and O–H groups in total. The van der Waals surface area contributed by atoms with Crippen LogP contribution in [0.15, 0.2) is 34.9 Å². The van der Waals surface area contributed by atoms with Gasteiger partial charge in [0.25, 0.3) is 0 Å². The number of nitrogens with one attached hydrogen (secondary N) is 1. The number of hydrogen-bond donors (Lipinski definition) is 1. The molecule has 0 amide bonds. The van der Waals surface area contributed by atoms with Crippen molar-refractivity contribution in [2.24, 2.45) is 0 Å². The van der Waals surface area contributed by atoms with Crippen LogP contribution in [0.5, 0.6) is 5.75 Å². The SMILES string of the molecule is COc1ccccc1Cc1cnc(C2CCCNC2)o1.Cl.Cl. The molecule has 0 spiro atoms. The van der Waals surface area contributed by atoms with Crippen molar-refractivity contribution >= 4 is 24.8 Å². The minimum Gasteiger partial charge on any atom is -0.496 e. The minimum atomic E-state index is 0. The summed E-state index contributed by atoms with van der Waals surface area (Å²) in [6, 6.07) is 8.02. The second kappa shape index (κ2) is 9.03. The summed E-state index contributed by atoms with van der Waals surface area (Å²) < 4.78 is 11.3. The molecule has 0 saturated carbocycles. The van der Waals surface area contributed by atoms with Gasteiger partial charge in [-0.15, -0.1) is 24.8 Å². The lowest BCUT2D eigenvalue weighted by Gasteiger charge is -2.19. The monoisotopic (exact) mass is 344 g/mol. The van der Waals surface area contributed by atoms with Gasteiger partial charge in [0.05, 0.1) is 13.3 Å². The molecular formula is C16H22Cl2N2O2. The van der Waals surface area contributed by atoms with Crippen molar-refractivity contribution in [3.8, 4) is 5.75 Å². The Hall–Kier alpha value is -1.23. The Bertz CT molecular complexity index is 569. The van der Waals surface area contributed by atoms with Gasteiger partial charge in [-0.2, -0.15) is 0 Å². The molecule has 1 atom stereocenters. The molecule has 0 aliphatic carbocycles. The standard InChI is InChI=1S/C16H20N2O2.2ClH/c1-19-15-7-3-2-5-12(15)9-14-11-18-16(20-14)13-6-4-8-17-10-13;;/h2-3,5,7,11,13,17H,4,6,8-10H2,1H3;2*1H. The normalized spacial score (nSPS) is 17.2. The first-order chi connectivity index (χ1) is 9.86. The third kappa shape index (κ3) is 4.38. The van der Waals surface area contributed by atoms with Gasteiger partial charge in [-0.25, -0.2) is 4.98 Å². The second-order valence-corrected chi connectivity index (χ2v) is 5.20. The molecule has 1 unspecified atom stereocenters. The Morgan fingerprint density at radius 2 is 2.14 bits per heavy atom. The average molecular weight is 345 g/mol. The molecule has 1 aliphatic rings. The quantitative estimate of drug-likeness (QED) is 0.920. The highest BCUT2D eigenvalue weighted by Crippen LogP contribution is 2.25. The summed E-state index contributed by atoms with van der Waals surface area (Å²) in [5.74, 6) is 3.07. The fourth-order valence-electron chi connectivity index (χ4n) is 2.69. The van der Waals surface area contributed by atoms with Crippen LogP contribution < -0.4 is 10.1 Å². The number of nitrogens with zero attached hydrogens (tertiary/aromatic N) is 1. The molecule has 1 aromatic carbocycles. The fraction of sp³-hybridized carbons (Fsp3) is 0.438. The zero-order valence-electron chi connectivity index (χ0n) is 12.6. The van der Waals surface area contributed by atoms with Crippen LogP contribution in [0.25, 0.3) is 0 Å². The van der Waals surface area contributed by atoms with Gasteiger partial charge in [0, 0.05) is 24.4 Å². The topological polar surface area (TPSA) is 47.3 Å². The van der Waals surface area contributed by atoms with E-state index in [-0.39, 0.29) is 24.8 Å². The molecule has 1 saturated heterocycles. The van der Waals surface area contributed by atoms with Gasteiger partial charge < -0.3 is 14.5 Å². The first-order valence-corrected chi connectivity index (χ1v) is 7.14. The molecule has 22 heavy (non-hydrogen) atoms. The van der Waals surface area contributed by atoms with E-state index in [2.05, 4.69) is 16.4 Å². The Balaban J connectivity index is 0.00000121. The second-order valence-electron chi connectivity index (χ2n) is 5.20. The lowest BCUT2D eigenvalue weighted by atomic mass is 10.00. The van der Waals surface area contributed by atoms with E-state index in [1.54, 1.807) is 7.11 Å². The number of hydrogen-bond acceptors (Lipinski definition) is 4. The first-order valence-electron chi connectivity index (χ1n) is 7.14. The number of piperidine rings is 1. The van der Waals surface area contributed by atoms with Crippen molar-refractivity contribution in [3.63, 3.8) is 0 Å². The lowest BCUT2D eigenvalue weighted by molar-refractivity contribution is 0.364. The first kappa shape index (κ1) is 18.8. The predicted octanol–water partition coefficient (Wildman–Crippen LogP) is 3.58. The largest absolute Gasteiger partial charge is 0.496 e. The van der Waals surface area contributed by atoms with Crippen molar-refractivity contribution in [3.05, 3.63) is 47.7 Å². The maximum absolute atomic E-state index is 5.92. The van der Waals surface area contributed by atoms with Crippen LogP contribution in [0.4, 0.5) is 0 Å². The molecule has 2 aromatic rings. The molecule has 1 aliphatic heterocycles. The van der Waals surface area contributed by atoms with Crippen molar-refractivity contribution in [2.75, 3.05) is 20.2 Å². The molecule has 6 heteroatoms. The summed E-state index contributed by atoms with van der Waals surface area (Å²) in [6.07, 6.45) is 4.91.